The third-order valence-electron chi connectivity index (χ3n) is 4.03. The highest BCUT2D eigenvalue weighted by molar-refractivity contribution is 5.95. The van der Waals surface area contributed by atoms with Crippen molar-refractivity contribution in [2.45, 2.75) is 32.7 Å². The molecule has 3 nitrogen and oxygen atoms in total. The molecule has 1 aromatic carbocycles. The minimum atomic E-state index is -0.366. The topological polar surface area (TPSA) is 46.3 Å². The number of hydrogen-bond acceptors (Lipinski definition) is 2. The maximum Gasteiger partial charge on any atom is 0.254 e. The van der Waals surface area contributed by atoms with E-state index in [0.717, 1.165) is 18.4 Å². The van der Waals surface area contributed by atoms with Crippen LogP contribution in [0, 0.1) is 18.7 Å². The predicted molar refractivity (Wildman–Crippen MR) is 73.4 cm³/mol. The first-order valence-corrected chi connectivity index (χ1v) is 6.84. The number of amides is 1. The number of benzene rings is 1. The quantitative estimate of drug-likeness (QED) is 0.891. The fraction of sp³-hybridized carbons (Fsp3) is 0.533. The lowest BCUT2D eigenvalue weighted by Crippen LogP contribution is -2.49. The number of carbonyl (C=O) groups is 1. The first-order valence-electron chi connectivity index (χ1n) is 6.84. The van der Waals surface area contributed by atoms with Gasteiger partial charge in [0.15, 0.2) is 0 Å². The molecular weight excluding hydrogens is 243 g/mol. The monoisotopic (exact) mass is 264 g/mol. The van der Waals surface area contributed by atoms with Gasteiger partial charge < -0.3 is 10.6 Å². The molecule has 2 rings (SSSR count). The number of likely N-dealkylation sites (tertiary alicyclic amines) is 1. The number of halogens is 1. The van der Waals surface area contributed by atoms with Gasteiger partial charge in [0, 0.05) is 24.7 Å². The summed E-state index contributed by atoms with van der Waals surface area (Å²) in [6, 6.07) is 4.53. The van der Waals surface area contributed by atoms with Crippen LogP contribution < -0.4 is 5.73 Å². The van der Waals surface area contributed by atoms with Crippen molar-refractivity contribution in [3.05, 3.63) is 35.1 Å². The zero-order chi connectivity index (χ0) is 14.0. The molecule has 0 bridgehead atoms. The summed E-state index contributed by atoms with van der Waals surface area (Å²) in [4.78, 5) is 14.3. The Morgan fingerprint density at radius 2 is 2.26 bits per heavy atom. The molecule has 0 saturated carbocycles. The molecule has 104 valence electrons. The summed E-state index contributed by atoms with van der Waals surface area (Å²) in [6.45, 7) is 5.25. The van der Waals surface area contributed by atoms with Crippen molar-refractivity contribution in [1.29, 1.82) is 0 Å². The third kappa shape index (κ3) is 2.95. The molecular formula is C15H21FN2O. The van der Waals surface area contributed by atoms with Gasteiger partial charge in [-0.05, 0) is 37.0 Å². The molecule has 19 heavy (non-hydrogen) atoms. The summed E-state index contributed by atoms with van der Waals surface area (Å²) in [5, 5.41) is 0. The maximum atomic E-state index is 13.3. The minimum absolute atomic E-state index is 0.0812. The van der Waals surface area contributed by atoms with E-state index in [9.17, 15) is 9.18 Å². The summed E-state index contributed by atoms with van der Waals surface area (Å²) in [5.74, 6) is -0.108. The maximum absolute atomic E-state index is 13.3. The smallest absolute Gasteiger partial charge is 0.254 e. The Kier molecular flexibility index (Phi) is 4.20. The van der Waals surface area contributed by atoms with Crippen molar-refractivity contribution < 1.29 is 9.18 Å². The fourth-order valence-electron chi connectivity index (χ4n) is 2.66. The molecule has 2 N–H and O–H groups in total. The van der Waals surface area contributed by atoms with Gasteiger partial charge in [-0.3, -0.25) is 4.79 Å². The van der Waals surface area contributed by atoms with E-state index in [1.165, 1.54) is 12.1 Å². The highest BCUT2D eigenvalue weighted by Crippen LogP contribution is 2.21. The summed E-state index contributed by atoms with van der Waals surface area (Å²) in [6.07, 6.45) is 1.78. The molecule has 2 unspecified atom stereocenters. The lowest BCUT2D eigenvalue weighted by Gasteiger charge is -2.36. The van der Waals surface area contributed by atoms with Gasteiger partial charge in [-0.15, -0.1) is 0 Å². The Morgan fingerprint density at radius 3 is 2.95 bits per heavy atom. The van der Waals surface area contributed by atoms with Gasteiger partial charge in [0.05, 0.1) is 0 Å². The van der Waals surface area contributed by atoms with Crippen LogP contribution in [0.15, 0.2) is 18.2 Å². The Morgan fingerprint density at radius 1 is 1.53 bits per heavy atom. The Bertz CT molecular complexity index is 475. The Balaban J connectivity index is 2.18. The number of rotatable bonds is 2. The molecule has 1 amide bonds. The molecule has 2 atom stereocenters. The van der Waals surface area contributed by atoms with Crippen molar-refractivity contribution >= 4 is 5.91 Å². The molecule has 1 heterocycles. The standard InChI is InChI=1S/C15H21FN2O/c1-3-11-9-18(7-6-14(11)17)15(19)13-8-12(16)5-4-10(13)2/h4-5,8,11,14H,3,6-7,9,17H2,1-2H3. The van der Waals surface area contributed by atoms with E-state index in [2.05, 4.69) is 6.92 Å². The number of nitrogens with two attached hydrogens (primary N) is 1. The van der Waals surface area contributed by atoms with Crippen molar-refractivity contribution in [2.75, 3.05) is 13.1 Å². The molecule has 1 fully saturated rings. The summed E-state index contributed by atoms with van der Waals surface area (Å²) >= 11 is 0. The summed E-state index contributed by atoms with van der Waals surface area (Å²) < 4.78 is 13.3. The van der Waals surface area contributed by atoms with Gasteiger partial charge in [-0.1, -0.05) is 19.4 Å². The average molecular weight is 264 g/mol. The van der Waals surface area contributed by atoms with E-state index in [-0.39, 0.29) is 17.8 Å². The molecule has 1 aliphatic heterocycles. The van der Waals surface area contributed by atoms with Crippen LogP contribution in [0.25, 0.3) is 0 Å². The number of piperidine rings is 1. The van der Waals surface area contributed by atoms with Crippen molar-refractivity contribution in [3.63, 3.8) is 0 Å². The molecule has 1 aromatic rings. The number of nitrogens with zero attached hydrogens (tertiary/aromatic N) is 1. The van der Waals surface area contributed by atoms with E-state index >= 15 is 0 Å². The van der Waals surface area contributed by atoms with Crippen LogP contribution in [0.4, 0.5) is 4.39 Å². The number of carbonyl (C=O) groups excluding carboxylic acids is 1. The second kappa shape index (κ2) is 5.70. The molecule has 1 saturated heterocycles. The molecule has 0 aliphatic carbocycles. The molecule has 4 heteroatoms. The number of hydrogen-bond donors (Lipinski definition) is 1. The molecule has 0 aromatic heterocycles. The van der Waals surface area contributed by atoms with Gasteiger partial charge in [0.25, 0.3) is 5.91 Å². The van der Waals surface area contributed by atoms with Gasteiger partial charge in [-0.2, -0.15) is 0 Å². The van der Waals surface area contributed by atoms with Gasteiger partial charge in [0.2, 0.25) is 0 Å². The second-order valence-corrected chi connectivity index (χ2v) is 5.33. The first-order chi connectivity index (χ1) is 9.02. The predicted octanol–water partition coefficient (Wildman–Crippen LogP) is 2.33. The van der Waals surface area contributed by atoms with E-state index in [4.69, 9.17) is 5.73 Å². The molecule has 0 radical (unpaired) electrons. The summed E-state index contributed by atoms with van der Waals surface area (Å²) in [7, 11) is 0. The Labute approximate surface area is 113 Å². The van der Waals surface area contributed by atoms with Crippen LogP contribution in [0.3, 0.4) is 0 Å². The first kappa shape index (κ1) is 14.0. The Hall–Kier alpha value is -1.42. The second-order valence-electron chi connectivity index (χ2n) is 5.33. The number of aryl methyl sites for hydroxylation is 1. The molecule has 1 aliphatic rings. The lowest BCUT2D eigenvalue weighted by molar-refractivity contribution is 0.0648. The average Bonchev–Trinajstić information content (AvgIpc) is 2.41. The van der Waals surface area contributed by atoms with Crippen LogP contribution >= 0.6 is 0 Å². The van der Waals surface area contributed by atoms with Gasteiger partial charge in [-0.25, -0.2) is 4.39 Å². The van der Waals surface area contributed by atoms with E-state index < -0.39 is 0 Å². The largest absolute Gasteiger partial charge is 0.338 e. The summed E-state index contributed by atoms with van der Waals surface area (Å²) in [5.41, 5.74) is 7.32. The van der Waals surface area contributed by atoms with E-state index in [1.54, 1.807) is 11.0 Å². The van der Waals surface area contributed by atoms with Crippen molar-refractivity contribution in [3.8, 4) is 0 Å². The van der Waals surface area contributed by atoms with Crippen molar-refractivity contribution in [1.82, 2.24) is 4.90 Å². The zero-order valence-electron chi connectivity index (χ0n) is 11.5. The van der Waals surface area contributed by atoms with Gasteiger partial charge in [0.1, 0.15) is 5.82 Å². The zero-order valence-corrected chi connectivity index (χ0v) is 11.5. The fourth-order valence-corrected chi connectivity index (χ4v) is 2.66. The molecule has 0 spiro atoms. The van der Waals surface area contributed by atoms with E-state index in [1.807, 2.05) is 6.92 Å². The van der Waals surface area contributed by atoms with Crippen LogP contribution in [0.2, 0.25) is 0 Å². The van der Waals surface area contributed by atoms with Crippen LogP contribution in [0.1, 0.15) is 35.7 Å². The SMILES string of the molecule is CCC1CN(C(=O)c2cc(F)ccc2C)CCC1N. The van der Waals surface area contributed by atoms with Crippen LogP contribution in [-0.4, -0.2) is 29.9 Å². The normalized spacial score (nSPS) is 23.5. The highest BCUT2D eigenvalue weighted by Gasteiger charge is 2.29. The van der Waals surface area contributed by atoms with Crippen molar-refractivity contribution in [2.24, 2.45) is 11.7 Å². The highest BCUT2D eigenvalue weighted by atomic mass is 19.1. The third-order valence-corrected chi connectivity index (χ3v) is 4.03. The van der Waals surface area contributed by atoms with Gasteiger partial charge >= 0.3 is 0 Å². The van der Waals surface area contributed by atoms with Crippen LogP contribution in [-0.2, 0) is 0 Å². The minimum Gasteiger partial charge on any atom is -0.338 e. The van der Waals surface area contributed by atoms with E-state index in [0.29, 0.717) is 24.6 Å². The van der Waals surface area contributed by atoms with Crippen LogP contribution in [0.5, 0.6) is 0 Å². The lowest BCUT2D eigenvalue weighted by atomic mass is 9.90.